The smallest absolute Gasteiger partial charge is 0.127 e. The van der Waals surface area contributed by atoms with Gasteiger partial charge in [0, 0.05) is 0 Å². The number of allylic oxidation sites excluding steroid dienone is 3. The van der Waals surface area contributed by atoms with Gasteiger partial charge >= 0.3 is 0 Å². The van der Waals surface area contributed by atoms with E-state index in [0.717, 1.165) is 30.8 Å². The molecule has 1 heteroatoms. The minimum absolute atomic E-state index is 0.601. The summed E-state index contributed by atoms with van der Waals surface area (Å²) in [7, 11) is 0. The molecular weight excluding hydrogens is 376 g/mol. The van der Waals surface area contributed by atoms with Crippen molar-refractivity contribution in [1.29, 1.82) is 0 Å². The number of benzene rings is 4. The topological polar surface area (TPSA) is 9.23 Å². The largest absolute Gasteiger partial charge is 0.458 e. The van der Waals surface area contributed by atoms with Gasteiger partial charge in [-0.1, -0.05) is 73.7 Å². The molecule has 1 unspecified atom stereocenters. The second kappa shape index (κ2) is 8.43. The highest BCUT2D eigenvalue weighted by atomic mass is 16.5. The Hall–Kier alpha value is -3.32. The first-order valence-corrected chi connectivity index (χ1v) is 11.2. The predicted octanol–water partition coefficient (Wildman–Crippen LogP) is 7.95. The molecule has 1 aliphatic rings. The minimum atomic E-state index is 0.601. The van der Waals surface area contributed by atoms with E-state index in [-0.39, 0.29) is 0 Å². The molecular formula is C30H28O. The summed E-state index contributed by atoms with van der Waals surface area (Å²) in [5.74, 6) is 2.45. The van der Waals surface area contributed by atoms with Crippen molar-refractivity contribution in [3.05, 3.63) is 113 Å². The lowest BCUT2D eigenvalue weighted by Crippen LogP contribution is -2.00. The maximum atomic E-state index is 6.02. The van der Waals surface area contributed by atoms with Crippen LogP contribution in [0.25, 0.3) is 21.5 Å². The molecule has 0 spiro atoms. The van der Waals surface area contributed by atoms with Crippen molar-refractivity contribution in [2.75, 3.05) is 0 Å². The maximum absolute atomic E-state index is 6.02. The molecule has 5 rings (SSSR count). The van der Waals surface area contributed by atoms with Crippen molar-refractivity contribution in [1.82, 2.24) is 0 Å². The van der Waals surface area contributed by atoms with Gasteiger partial charge in [0.1, 0.15) is 11.5 Å². The van der Waals surface area contributed by atoms with E-state index >= 15 is 0 Å². The highest BCUT2D eigenvalue weighted by molar-refractivity contribution is 6.10. The average Bonchev–Trinajstić information content (AvgIpc) is 2.82. The summed E-state index contributed by atoms with van der Waals surface area (Å²) >= 11 is 0. The van der Waals surface area contributed by atoms with E-state index in [4.69, 9.17) is 4.74 Å². The van der Waals surface area contributed by atoms with Crippen molar-refractivity contribution in [3.8, 4) is 5.75 Å². The molecule has 154 valence electrons. The molecule has 0 N–H and O–H groups in total. The number of hydrogen-bond donors (Lipinski definition) is 0. The lowest BCUT2D eigenvalue weighted by atomic mass is 9.89. The Morgan fingerprint density at radius 2 is 1.42 bits per heavy atom. The Bertz CT molecular complexity index is 1290. The molecule has 0 radical (unpaired) electrons. The van der Waals surface area contributed by atoms with Crippen LogP contribution in [0.4, 0.5) is 0 Å². The van der Waals surface area contributed by atoms with E-state index in [1.54, 1.807) is 0 Å². The summed E-state index contributed by atoms with van der Waals surface area (Å²) in [4.78, 5) is 0. The van der Waals surface area contributed by atoms with Gasteiger partial charge in [0.2, 0.25) is 0 Å². The maximum Gasteiger partial charge on any atom is 0.127 e. The van der Waals surface area contributed by atoms with Gasteiger partial charge in [0.05, 0.1) is 0 Å². The fourth-order valence-electron chi connectivity index (χ4n) is 4.63. The van der Waals surface area contributed by atoms with Crippen LogP contribution < -0.4 is 4.74 Å². The zero-order chi connectivity index (χ0) is 21.2. The number of fused-ring (bicyclic) bond motifs is 3. The third kappa shape index (κ3) is 4.01. The van der Waals surface area contributed by atoms with Gasteiger partial charge in [-0.2, -0.15) is 0 Å². The number of hydrogen-bond acceptors (Lipinski definition) is 1. The molecule has 0 bridgehead atoms. The Balaban J connectivity index is 1.37. The second-order valence-electron chi connectivity index (χ2n) is 8.62. The average molecular weight is 405 g/mol. The first-order valence-electron chi connectivity index (χ1n) is 11.2. The Morgan fingerprint density at radius 3 is 2.10 bits per heavy atom. The van der Waals surface area contributed by atoms with Crippen LogP contribution in [-0.2, 0) is 12.8 Å². The van der Waals surface area contributed by atoms with Crippen molar-refractivity contribution in [3.63, 3.8) is 0 Å². The van der Waals surface area contributed by atoms with Crippen LogP contribution in [0.15, 0.2) is 96.8 Å². The van der Waals surface area contributed by atoms with E-state index < -0.39 is 0 Å². The Labute approximate surface area is 184 Å². The zero-order valence-corrected chi connectivity index (χ0v) is 18.3. The van der Waals surface area contributed by atoms with Crippen LogP contribution in [-0.4, -0.2) is 0 Å². The summed E-state index contributed by atoms with van der Waals surface area (Å²) in [5, 5.41) is 5.44. The van der Waals surface area contributed by atoms with E-state index in [1.165, 1.54) is 38.2 Å². The fourth-order valence-corrected chi connectivity index (χ4v) is 4.63. The third-order valence-electron chi connectivity index (χ3n) is 6.43. The first-order chi connectivity index (χ1) is 15.2. The van der Waals surface area contributed by atoms with Gasteiger partial charge in [0.25, 0.3) is 0 Å². The molecule has 4 aromatic rings. The minimum Gasteiger partial charge on any atom is -0.458 e. The quantitative estimate of drug-likeness (QED) is 0.307. The summed E-state index contributed by atoms with van der Waals surface area (Å²) in [5.41, 5.74) is 4.20. The van der Waals surface area contributed by atoms with Gasteiger partial charge in [-0.15, -0.1) is 0 Å². The van der Waals surface area contributed by atoms with Crippen LogP contribution in [0.1, 0.15) is 30.0 Å². The third-order valence-corrected chi connectivity index (χ3v) is 6.43. The molecule has 0 saturated carbocycles. The van der Waals surface area contributed by atoms with Gasteiger partial charge in [-0.25, -0.2) is 0 Å². The summed E-state index contributed by atoms with van der Waals surface area (Å²) in [6.07, 6.45) is 9.55. The highest BCUT2D eigenvalue weighted by Crippen LogP contribution is 2.33. The molecule has 1 aliphatic carbocycles. The fraction of sp³-hybridized carbons (Fsp3) is 0.200. The Kier molecular flexibility index (Phi) is 5.34. The van der Waals surface area contributed by atoms with Crippen molar-refractivity contribution >= 4 is 21.5 Å². The number of ether oxygens (including phenoxy) is 1. The summed E-state index contributed by atoms with van der Waals surface area (Å²) in [6.45, 7) is 4.49. The molecule has 31 heavy (non-hydrogen) atoms. The van der Waals surface area contributed by atoms with Gasteiger partial charge in [-0.3, -0.25) is 0 Å². The van der Waals surface area contributed by atoms with E-state index in [1.807, 2.05) is 0 Å². The van der Waals surface area contributed by atoms with Crippen LogP contribution in [0.3, 0.4) is 0 Å². The van der Waals surface area contributed by atoms with Gasteiger partial charge < -0.3 is 4.74 Å². The monoisotopic (exact) mass is 404 g/mol. The molecule has 0 aromatic heterocycles. The van der Waals surface area contributed by atoms with Crippen molar-refractivity contribution in [2.24, 2.45) is 5.92 Å². The summed E-state index contributed by atoms with van der Waals surface area (Å²) in [6, 6.07) is 26.2. The zero-order valence-electron chi connectivity index (χ0n) is 18.3. The molecule has 0 heterocycles. The second-order valence-corrected chi connectivity index (χ2v) is 8.62. The van der Waals surface area contributed by atoms with Crippen LogP contribution in [0.5, 0.6) is 5.75 Å². The molecule has 1 nitrogen and oxygen atoms in total. The molecule has 4 aromatic carbocycles. The first kappa shape index (κ1) is 19.6. The SMILES string of the molecule is Cc1c(CCc2ccc(OC3=CCC(C)C=C3)cc2)c2ccccc2c2ccccc12. The Morgan fingerprint density at radius 1 is 0.774 bits per heavy atom. The van der Waals surface area contributed by atoms with Crippen LogP contribution in [0.2, 0.25) is 0 Å². The van der Waals surface area contributed by atoms with Crippen LogP contribution in [0, 0.1) is 12.8 Å². The van der Waals surface area contributed by atoms with Crippen molar-refractivity contribution in [2.45, 2.75) is 33.1 Å². The standard InChI is InChI=1S/C30H28O/c1-21-11-16-24(17-12-21)31-25-18-13-23(14-19-25)15-20-27-22(2)26-7-3-4-8-28(26)30-10-6-5-9-29(27)30/h3-11,13-14,16-19,21H,12,15,20H2,1-2H3. The number of rotatable bonds is 5. The molecule has 1 atom stereocenters. The highest BCUT2D eigenvalue weighted by Gasteiger charge is 2.11. The van der Waals surface area contributed by atoms with E-state index in [0.29, 0.717) is 5.92 Å². The summed E-state index contributed by atoms with van der Waals surface area (Å²) < 4.78 is 6.02. The molecule has 0 amide bonds. The van der Waals surface area contributed by atoms with Crippen molar-refractivity contribution < 1.29 is 4.74 Å². The molecule has 0 saturated heterocycles. The van der Waals surface area contributed by atoms with E-state index in [2.05, 4.69) is 105 Å². The molecule has 0 fully saturated rings. The predicted molar refractivity (Wildman–Crippen MR) is 132 cm³/mol. The number of aryl methyl sites for hydroxylation is 3. The van der Waals surface area contributed by atoms with Gasteiger partial charge in [-0.05, 0) is 94.6 Å². The normalized spacial score (nSPS) is 15.9. The lowest BCUT2D eigenvalue weighted by Gasteiger charge is -2.15. The lowest BCUT2D eigenvalue weighted by molar-refractivity contribution is 0.434. The van der Waals surface area contributed by atoms with Gasteiger partial charge in [0.15, 0.2) is 0 Å². The van der Waals surface area contributed by atoms with E-state index in [9.17, 15) is 0 Å². The van der Waals surface area contributed by atoms with Crippen LogP contribution >= 0.6 is 0 Å². The molecule has 0 aliphatic heterocycles.